The Labute approximate surface area is 146 Å². The molecule has 130 valence electrons. The average molecular weight is 339 g/mol. The predicted octanol–water partition coefficient (Wildman–Crippen LogP) is 1.49. The van der Waals surface area contributed by atoms with Gasteiger partial charge < -0.3 is 10.2 Å². The van der Waals surface area contributed by atoms with Crippen LogP contribution in [0.15, 0.2) is 36.8 Å². The van der Waals surface area contributed by atoms with Gasteiger partial charge in [-0.1, -0.05) is 6.07 Å². The summed E-state index contributed by atoms with van der Waals surface area (Å²) in [4.78, 5) is 38.8. The molecule has 3 rings (SSSR count). The first-order valence-electron chi connectivity index (χ1n) is 8.39. The SMILES string of the molecule is Cc1cnc(C(=O)N(CCC(=O)NCc2ccccn2)C2CC2)cn1. The molecule has 0 saturated heterocycles. The van der Waals surface area contributed by atoms with Gasteiger partial charge in [-0.25, -0.2) is 4.98 Å². The summed E-state index contributed by atoms with van der Waals surface area (Å²) in [5.74, 6) is -0.258. The molecule has 1 aliphatic carbocycles. The highest BCUT2D eigenvalue weighted by Crippen LogP contribution is 2.28. The average Bonchev–Trinajstić information content (AvgIpc) is 3.46. The van der Waals surface area contributed by atoms with E-state index in [4.69, 9.17) is 0 Å². The summed E-state index contributed by atoms with van der Waals surface area (Å²) in [5.41, 5.74) is 1.90. The molecule has 25 heavy (non-hydrogen) atoms. The van der Waals surface area contributed by atoms with Crippen LogP contribution >= 0.6 is 0 Å². The van der Waals surface area contributed by atoms with Gasteiger partial charge in [-0.3, -0.25) is 19.6 Å². The number of aryl methyl sites for hydroxylation is 1. The molecule has 1 fully saturated rings. The summed E-state index contributed by atoms with van der Waals surface area (Å²) in [6.45, 7) is 2.60. The Morgan fingerprint density at radius 2 is 2.04 bits per heavy atom. The molecular formula is C18H21N5O2. The number of amides is 2. The topological polar surface area (TPSA) is 88.1 Å². The van der Waals surface area contributed by atoms with Crippen molar-refractivity contribution in [3.63, 3.8) is 0 Å². The quantitative estimate of drug-likeness (QED) is 0.826. The molecule has 0 spiro atoms. The Balaban J connectivity index is 1.52. The molecule has 0 unspecified atom stereocenters. The third kappa shape index (κ3) is 4.82. The number of nitrogens with one attached hydrogen (secondary N) is 1. The van der Waals surface area contributed by atoms with Crippen LogP contribution in [0, 0.1) is 6.92 Å². The van der Waals surface area contributed by atoms with Crippen molar-refractivity contribution in [2.75, 3.05) is 6.54 Å². The summed E-state index contributed by atoms with van der Waals surface area (Å²) in [7, 11) is 0. The molecule has 0 bridgehead atoms. The first-order chi connectivity index (χ1) is 12.1. The lowest BCUT2D eigenvalue weighted by atomic mass is 10.3. The fourth-order valence-corrected chi connectivity index (χ4v) is 2.49. The Morgan fingerprint density at radius 3 is 2.68 bits per heavy atom. The lowest BCUT2D eigenvalue weighted by Gasteiger charge is -2.21. The van der Waals surface area contributed by atoms with Crippen LogP contribution in [-0.4, -0.2) is 44.3 Å². The number of aromatic nitrogens is 3. The Bertz CT molecular complexity index is 729. The number of rotatable bonds is 7. The summed E-state index contributed by atoms with van der Waals surface area (Å²) in [6.07, 6.45) is 6.97. The minimum Gasteiger partial charge on any atom is -0.350 e. The van der Waals surface area contributed by atoms with E-state index in [9.17, 15) is 9.59 Å². The number of hydrogen-bond acceptors (Lipinski definition) is 5. The Hall–Kier alpha value is -2.83. The molecule has 1 aliphatic rings. The Kier molecular flexibility index (Phi) is 5.33. The molecule has 1 saturated carbocycles. The molecule has 1 N–H and O–H groups in total. The van der Waals surface area contributed by atoms with Gasteiger partial charge in [0.2, 0.25) is 5.91 Å². The molecule has 2 heterocycles. The number of hydrogen-bond donors (Lipinski definition) is 1. The van der Waals surface area contributed by atoms with Crippen LogP contribution in [0.4, 0.5) is 0 Å². The molecule has 0 aliphatic heterocycles. The summed E-state index contributed by atoms with van der Waals surface area (Å²) < 4.78 is 0. The highest BCUT2D eigenvalue weighted by molar-refractivity contribution is 5.92. The van der Waals surface area contributed by atoms with Crippen molar-refractivity contribution < 1.29 is 9.59 Å². The second kappa shape index (κ2) is 7.83. The monoisotopic (exact) mass is 339 g/mol. The molecule has 7 nitrogen and oxygen atoms in total. The minimum atomic E-state index is -0.160. The molecule has 7 heteroatoms. The van der Waals surface area contributed by atoms with Crippen molar-refractivity contribution in [1.82, 2.24) is 25.2 Å². The van der Waals surface area contributed by atoms with Gasteiger partial charge >= 0.3 is 0 Å². The fraction of sp³-hybridized carbons (Fsp3) is 0.389. The highest BCUT2D eigenvalue weighted by atomic mass is 16.2. The summed E-state index contributed by atoms with van der Waals surface area (Å²) in [6, 6.07) is 5.78. The molecular weight excluding hydrogens is 318 g/mol. The number of pyridine rings is 1. The maximum Gasteiger partial charge on any atom is 0.274 e. The Morgan fingerprint density at radius 1 is 1.20 bits per heavy atom. The summed E-state index contributed by atoms with van der Waals surface area (Å²) in [5, 5.41) is 2.83. The van der Waals surface area contributed by atoms with Gasteiger partial charge in [-0.05, 0) is 31.9 Å². The lowest BCUT2D eigenvalue weighted by Crippen LogP contribution is -2.37. The van der Waals surface area contributed by atoms with E-state index >= 15 is 0 Å². The van der Waals surface area contributed by atoms with Crippen molar-refractivity contribution in [1.29, 1.82) is 0 Å². The van der Waals surface area contributed by atoms with Gasteiger partial charge in [0, 0.05) is 31.4 Å². The standard InChI is InChI=1S/C18H21N5O2/c1-13-10-21-16(12-20-13)18(25)23(15-5-6-15)9-7-17(24)22-11-14-4-2-3-8-19-14/h2-4,8,10,12,15H,5-7,9,11H2,1H3,(H,22,24). The molecule has 0 atom stereocenters. The van der Waals surface area contributed by atoms with E-state index in [1.54, 1.807) is 17.3 Å². The van der Waals surface area contributed by atoms with E-state index in [0.29, 0.717) is 18.8 Å². The third-order valence-electron chi connectivity index (χ3n) is 4.02. The normalized spacial score (nSPS) is 13.3. The third-order valence-corrected chi connectivity index (χ3v) is 4.02. The first-order valence-corrected chi connectivity index (χ1v) is 8.39. The van der Waals surface area contributed by atoms with Gasteiger partial charge in [0.25, 0.3) is 5.91 Å². The van der Waals surface area contributed by atoms with Crippen LogP contribution in [0.5, 0.6) is 0 Å². The molecule has 0 radical (unpaired) electrons. The van der Waals surface area contributed by atoms with E-state index in [0.717, 1.165) is 24.2 Å². The molecule has 2 amide bonds. The van der Waals surface area contributed by atoms with Crippen LogP contribution in [0.2, 0.25) is 0 Å². The zero-order chi connectivity index (χ0) is 17.6. The van der Waals surface area contributed by atoms with Crippen molar-refractivity contribution in [2.24, 2.45) is 0 Å². The van der Waals surface area contributed by atoms with Gasteiger partial charge in [0.15, 0.2) is 0 Å². The van der Waals surface area contributed by atoms with Crippen molar-refractivity contribution in [3.8, 4) is 0 Å². The second-order valence-electron chi connectivity index (χ2n) is 6.12. The van der Waals surface area contributed by atoms with Gasteiger partial charge in [-0.2, -0.15) is 0 Å². The maximum absolute atomic E-state index is 12.6. The molecule has 2 aromatic heterocycles. The van der Waals surface area contributed by atoms with E-state index in [2.05, 4.69) is 20.3 Å². The second-order valence-corrected chi connectivity index (χ2v) is 6.12. The first kappa shape index (κ1) is 17.0. The van der Waals surface area contributed by atoms with Crippen molar-refractivity contribution >= 4 is 11.8 Å². The van der Waals surface area contributed by atoms with E-state index < -0.39 is 0 Å². The lowest BCUT2D eigenvalue weighted by molar-refractivity contribution is -0.121. The highest BCUT2D eigenvalue weighted by Gasteiger charge is 2.33. The van der Waals surface area contributed by atoms with Crippen LogP contribution in [0.1, 0.15) is 41.1 Å². The van der Waals surface area contributed by atoms with Crippen LogP contribution in [0.3, 0.4) is 0 Å². The van der Waals surface area contributed by atoms with Gasteiger partial charge in [0.05, 0.1) is 24.1 Å². The number of nitrogens with zero attached hydrogens (tertiary/aromatic N) is 4. The molecule has 2 aromatic rings. The smallest absolute Gasteiger partial charge is 0.274 e. The zero-order valence-corrected chi connectivity index (χ0v) is 14.2. The van der Waals surface area contributed by atoms with Crippen LogP contribution < -0.4 is 5.32 Å². The van der Waals surface area contributed by atoms with Crippen LogP contribution in [0.25, 0.3) is 0 Å². The van der Waals surface area contributed by atoms with Gasteiger partial charge in [0.1, 0.15) is 5.69 Å². The molecule has 0 aromatic carbocycles. The van der Waals surface area contributed by atoms with E-state index in [-0.39, 0.29) is 24.3 Å². The minimum absolute atomic E-state index is 0.0981. The number of carbonyl (C=O) groups excluding carboxylic acids is 2. The van der Waals surface area contributed by atoms with Gasteiger partial charge in [-0.15, -0.1) is 0 Å². The largest absolute Gasteiger partial charge is 0.350 e. The number of carbonyl (C=O) groups is 2. The van der Waals surface area contributed by atoms with Crippen LogP contribution in [-0.2, 0) is 11.3 Å². The zero-order valence-electron chi connectivity index (χ0n) is 14.2. The van der Waals surface area contributed by atoms with E-state index in [1.807, 2.05) is 25.1 Å². The van der Waals surface area contributed by atoms with Crippen molar-refractivity contribution in [2.45, 2.75) is 38.8 Å². The predicted molar refractivity (Wildman–Crippen MR) is 91.5 cm³/mol. The van der Waals surface area contributed by atoms with E-state index in [1.165, 1.54) is 6.20 Å². The van der Waals surface area contributed by atoms with Crippen molar-refractivity contribution in [3.05, 3.63) is 53.9 Å². The fourth-order valence-electron chi connectivity index (χ4n) is 2.49. The maximum atomic E-state index is 12.6. The summed E-state index contributed by atoms with van der Waals surface area (Å²) >= 11 is 0.